The van der Waals surface area contributed by atoms with E-state index in [0.29, 0.717) is 36.9 Å². The third kappa shape index (κ3) is 4.42. The first-order valence-corrected chi connectivity index (χ1v) is 10.4. The molecule has 3 aromatic rings. The molecule has 0 unspecified atom stereocenters. The second-order valence-corrected chi connectivity index (χ2v) is 7.60. The van der Waals surface area contributed by atoms with Crippen LogP contribution in [-0.4, -0.2) is 53.7 Å². The number of hydrogen-bond acceptors (Lipinski definition) is 5. The van der Waals surface area contributed by atoms with E-state index in [0.717, 1.165) is 28.8 Å². The lowest BCUT2D eigenvalue weighted by molar-refractivity contribution is 0.208. The molecule has 1 N–H and O–H groups in total. The van der Waals surface area contributed by atoms with Crippen LogP contribution >= 0.6 is 15.9 Å². The van der Waals surface area contributed by atoms with Gasteiger partial charge in [-0.3, -0.25) is 5.32 Å². The van der Waals surface area contributed by atoms with Gasteiger partial charge in [-0.1, -0.05) is 34.1 Å². The van der Waals surface area contributed by atoms with E-state index < -0.39 is 0 Å². The Kier molecular flexibility index (Phi) is 5.80. The molecule has 0 spiro atoms. The first-order chi connectivity index (χ1) is 14.1. The number of amides is 2. The van der Waals surface area contributed by atoms with Crippen molar-refractivity contribution in [2.75, 3.05) is 43.0 Å². The number of piperazine rings is 1. The third-order valence-electron chi connectivity index (χ3n) is 4.79. The molecule has 1 saturated heterocycles. The van der Waals surface area contributed by atoms with Crippen LogP contribution in [0.15, 0.2) is 53.0 Å². The van der Waals surface area contributed by atoms with Crippen molar-refractivity contribution < 1.29 is 9.53 Å². The predicted molar refractivity (Wildman–Crippen MR) is 118 cm³/mol. The molecule has 150 valence electrons. The van der Waals surface area contributed by atoms with E-state index in [1.165, 1.54) is 0 Å². The lowest BCUT2D eigenvalue weighted by atomic mass is 10.2. The van der Waals surface area contributed by atoms with Crippen LogP contribution in [0.1, 0.15) is 6.92 Å². The second-order valence-electron chi connectivity index (χ2n) is 6.68. The van der Waals surface area contributed by atoms with E-state index in [9.17, 15) is 4.79 Å². The summed E-state index contributed by atoms with van der Waals surface area (Å²) >= 11 is 3.51. The van der Waals surface area contributed by atoms with Crippen molar-refractivity contribution in [2.45, 2.75) is 6.92 Å². The van der Waals surface area contributed by atoms with Gasteiger partial charge in [-0.05, 0) is 37.3 Å². The number of ether oxygens (including phenoxy) is 1. The third-order valence-corrected chi connectivity index (χ3v) is 5.28. The average Bonchev–Trinajstić information content (AvgIpc) is 2.74. The molecule has 0 bridgehead atoms. The zero-order valence-corrected chi connectivity index (χ0v) is 17.7. The number of halogens is 1. The normalized spacial score (nSPS) is 14.1. The average molecular weight is 456 g/mol. The zero-order valence-electron chi connectivity index (χ0n) is 16.1. The fraction of sp³-hybridized carbons (Fsp3) is 0.286. The minimum atomic E-state index is -0.190. The quantitative estimate of drug-likeness (QED) is 0.639. The number of urea groups is 1. The Balaban J connectivity index is 1.45. The van der Waals surface area contributed by atoms with Crippen LogP contribution < -0.4 is 15.0 Å². The SMILES string of the molecule is CCOc1nc2ccccc2nc1NC(=O)N1CCN(c2cccc(Br)c2)CC1. The Labute approximate surface area is 177 Å². The number of anilines is 2. The monoisotopic (exact) mass is 455 g/mol. The van der Waals surface area contributed by atoms with Crippen LogP contribution in [-0.2, 0) is 0 Å². The van der Waals surface area contributed by atoms with Crippen LogP contribution in [0, 0.1) is 0 Å². The van der Waals surface area contributed by atoms with Crippen LogP contribution in [0.2, 0.25) is 0 Å². The summed E-state index contributed by atoms with van der Waals surface area (Å²) in [4.78, 5) is 25.9. The molecule has 7 nitrogen and oxygen atoms in total. The molecule has 2 amide bonds. The molecule has 1 aromatic heterocycles. The van der Waals surface area contributed by atoms with Gasteiger partial charge in [-0.15, -0.1) is 0 Å². The van der Waals surface area contributed by atoms with E-state index in [-0.39, 0.29) is 6.03 Å². The van der Waals surface area contributed by atoms with Gasteiger partial charge < -0.3 is 14.5 Å². The Morgan fingerprint density at radius 1 is 1.07 bits per heavy atom. The Morgan fingerprint density at radius 3 is 2.48 bits per heavy atom. The van der Waals surface area contributed by atoms with Crippen LogP contribution in [0.25, 0.3) is 11.0 Å². The van der Waals surface area contributed by atoms with Gasteiger partial charge in [-0.25, -0.2) is 14.8 Å². The second kappa shape index (κ2) is 8.65. The molecule has 2 aromatic carbocycles. The van der Waals surface area contributed by atoms with Crippen molar-refractivity contribution in [1.82, 2.24) is 14.9 Å². The fourth-order valence-electron chi connectivity index (χ4n) is 3.32. The van der Waals surface area contributed by atoms with Crippen molar-refractivity contribution in [3.8, 4) is 5.88 Å². The van der Waals surface area contributed by atoms with E-state index in [1.54, 1.807) is 4.90 Å². The molecule has 1 aliphatic heterocycles. The summed E-state index contributed by atoms with van der Waals surface area (Å²) in [6.07, 6.45) is 0. The summed E-state index contributed by atoms with van der Waals surface area (Å²) in [5, 5.41) is 2.88. The van der Waals surface area contributed by atoms with Crippen LogP contribution in [0.5, 0.6) is 5.88 Å². The maximum atomic E-state index is 12.8. The number of carbonyl (C=O) groups excluding carboxylic acids is 1. The largest absolute Gasteiger partial charge is 0.475 e. The highest BCUT2D eigenvalue weighted by Crippen LogP contribution is 2.25. The molecular formula is C21H22BrN5O2. The van der Waals surface area contributed by atoms with E-state index in [1.807, 2.05) is 43.3 Å². The molecule has 0 aliphatic carbocycles. The van der Waals surface area contributed by atoms with Crippen molar-refractivity contribution >= 4 is 44.5 Å². The van der Waals surface area contributed by atoms with Crippen LogP contribution in [0.4, 0.5) is 16.3 Å². The molecule has 1 fully saturated rings. The van der Waals surface area contributed by atoms with Crippen molar-refractivity contribution in [3.63, 3.8) is 0 Å². The lowest BCUT2D eigenvalue weighted by Crippen LogP contribution is -2.50. The standard InChI is InChI=1S/C21H22BrN5O2/c1-2-29-20-19(23-17-8-3-4-9-18(17)24-20)25-21(28)27-12-10-26(11-13-27)16-7-5-6-15(22)14-16/h3-9,14H,2,10-13H2,1H3,(H,23,25,28). The Bertz CT molecular complexity index is 1020. The van der Waals surface area contributed by atoms with Gasteiger partial charge in [0, 0.05) is 36.3 Å². The number of fused-ring (bicyclic) bond motifs is 1. The molecule has 0 atom stereocenters. The fourth-order valence-corrected chi connectivity index (χ4v) is 3.71. The van der Waals surface area contributed by atoms with Gasteiger partial charge in [0.2, 0.25) is 0 Å². The molecule has 4 rings (SSSR count). The van der Waals surface area contributed by atoms with Crippen molar-refractivity contribution in [3.05, 3.63) is 53.0 Å². The van der Waals surface area contributed by atoms with Gasteiger partial charge in [-0.2, -0.15) is 0 Å². The Hall–Kier alpha value is -2.87. The van der Waals surface area contributed by atoms with E-state index in [2.05, 4.69) is 48.2 Å². The zero-order chi connectivity index (χ0) is 20.2. The molecule has 1 aliphatic rings. The molecule has 8 heteroatoms. The highest BCUT2D eigenvalue weighted by Gasteiger charge is 2.23. The van der Waals surface area contributed by atoms with Gasteiger partial charge >= 0.3 is 6.03 Å². The molecule has 2 heterocycles. The summed E-state index contributed by atoms with van der Waals surface area (Å²) in [6.45, 7) is 5.12. The maximum absolute atomic E-state index is 12.8. The lowest BCUT2D eigenvalue weighted by Gasteiger charge is -2.36. The molecule has 0 radical (unpaired) electrons. The number of rotatable bonds is 4. The summed E-state index contributed by atoms with van der Waals surface area (Å²) in [7, 11) is 0. The minimum absolute atomic E-state index is 0.190. The molecular weight excluding hydrogens is 434 g/mol. The van der Waals surface area contributed by atoms with E-state index in [4.69, 9.17) is 4.74 Å². The number of nitrogens with one attached hydrogen (secondary N) is 1. The van der Waals surface area contributed by atoms with Gasteiger partial charge in [0.05, 0.1) is 17.6 Å². The minimum Gasteiger partial charge on any atom is -0.475 e. The Morgan fingerprint density at radius 2 is 1.79 bits per heavy atom. The van der Waals surface area contributed by atoms with Gasteiger partial charge in [0.1, 0.15) is 0 Å². The van der Waals surface area contributed by atoms with Crippen molar-refractivity contribution in [2.24, 2.45) is 0 Å². The highest BCUT2D eigenvalue weighted by molar-refractivity contribution is 9.10. The summed E-state index contributed by atoms with van der Waals surface area (Å²) < 4.78 is 6.65. The summed E-state index contributed by atoms with van der Waals surface area (Å²) in [5.41, 5.74) is 2.60. The van der Waals surface area contributed by atoms with Crippen molar-refractivity contribution in [1.29, 1.82) is 0 Å². The number of benzene rings is 2. The first kappa shape index (κ1) is 19.4. The number of carbonyl (C=O) groups is 1. The topological polar surface area (TPSA) is 70.6 Å². The number of aromatic nitrogens is 2. The number of hydrogen-bond donors (Lipinski definition) is 1. The maximum Gasteiger partial charge on any atom is 0.323 e. The molecule has 0 saturated carbocycles. The number of para-hydroxylation sites is 2. The van der Waals surface area contributed by atoms with E-state index >= 15 is 0 Å². The number of nitrogens with zero attached hydrogens (tertiary/aromatic N) is 4. The highest BCUT2D eigenvalue weighted by atomic mass is 79.9. The van der Waals surface area contributed by atoms with Gasteiger partial charge in [0.25, 0.3) is 5.88 Å². The predicted octanol–water partition coefficient (Wildman–Crippen LogP) is 4.15. The summed E-state index contributed by atoms with van der Waals surface area (Å²) in [5.74, 6) is 0.692. The van der Waals surface area contributed by atoms with Crippen LogP contribution in [0.3, 0.4) is 0 Å². The first-order valence-electron chi connectivity index (χ1n) is 9.60. The molecule has 29 heavy (non-hydrogen) atoms. The smallest absolute Gasteiger partial charge is 0.323 e. The van der Waals surface area contributed by atoms with Gasteiger partial charge in [0.15, 0.2) is 5.82 Å². The summed E-state index contributed by atoms with van der Waals surface area (Å²) in [6, 6.07) is 15.5.